The first-order valence-electron chi connectivity index (χ1n) is 5.59. The van der Waals surface area contributed by atoms with E-state index in [0.717, 1.165) is 29.6 Å². The molecule has 0 aromatic carbocycles. The minimum atomic E-state index is 0.970. The van der Waals surface area contributed by atoms with Crippen LogP contribution in [0, 0.1) is 6.92 Å². The third-order valence-corrected chi connectivity index (χ3v) is 4.04. The summed E-state index contributed by atoms with van der Waals surface area (Å²) >= 11 is 3.59. The van der Waals surface area contributed by atoms with Crippen molar-refractivity contribution in [3.05, 3.63) is 17.7 Å². The van der Waals surface area contributed by atoms with Crippen LogP contribution in [-0.4, -0.2) is 46.5 Å². The SMILES string of the molecule is CN=C(NCCSCCc1nc[nH]c1C)SC. The van der Waals surface area contributed by atoms with Gasteiger partial charge in [0.25, 0.3) is 0 Å². The van der Waals surface area contributed by atoms with Crippen LogP contribution in [0.5, 0.6) is 0 Å². The largest absolute Gasteiger partial charge is 0.364 e. The lowest BCUT2D eigenvalue weighted by molar-refractivity contribution is 0.984. The van der Waals surface area contributed by atoms with Gasteiger partial charge >= 0.3 is 0 Å². The van der Waals surface area contributed by atoms with E-state index in [1.807, 2.05) is 25.1 Å². The van der Waals surface area contributed by atoms with Crippen LogP contribution in [-0.2, 0) is 6.42 Å². The molecule has 0 bridgehead atoms. The molecule has 2 N–H and O–H groups in total. The van der Waals surface area contributed by atoms with Gasteiger partial charge in [0, 0.05) is 31.5 Å². The molecule has 1 aromatic rings. The fourth-order valence-corrected chi connectivity index (χ4v) is 2.60. The Balaban J connectivity index is 2.04. The highest BCUT2D eigenvalue weighted by Crippen LogP contribution is 2.07. The number of imidazole rings is 1. The summed E-state index contributed by atoms with van der Waals surface area (Å²) in [5, 5.41) is 4.30. The Kier molecular flexibility index (Phi) is 7.19. The van der Waals surface area contributed by atoms with Crippen LogP contribution in [0.25, 0.3) is 0 Å². The standard InChI is InChI=1S/C11H20N4S2/c1-9-10(15-8-14-9)4-6-17-7-5-13-11(12-2)16-3/h8H,4-7H2,1-3H3,(H,12,13)(H,14,15). The summed E-state index contributed by atoms with van der Waals surface area (Å²) in [5.41, 5.74) is 2.37. The molecule has 0 aliphatic heterocycles. The Hall–Kier alpha value is -0.620. The van der Waals surface area contributed by atoms with Crippen molar-refractivity contribution in [2.75, 3.05) is 31.4 Å². The van der Waals surface area contributed by atoms with E-state index in [2.05, 4.69) is 27.2 Å². The molecule has 0 aliphatic carbocycles. The molecule has 6 heteroatoms. The van der Waals surface area contributed by atoms with E-state index in [-0.39, 0.29) is 0 Å². The summed E-state index contributed by atoms with van der Waals surface area (Å²) in [7, 11) is 1.81. The van der Waals surface area contributed by atoms with Gasteiger partial charge in [-0.25, -0.2) is 4.98 Å². The van der Waals surface area contributed by atoms with Crippen LogP contribution >= 0.6 is 23.5 Å². The molecule has 0 fully saturated rings. The summed E-state index contributed by atoms with van der Waals surface area (Å²) in [5.74, 6) is 2.22. The maximum absolute atomic E-state index is 4.28. The molecule has 1 heterocycles. The average molecular weight is 272 g/mol. The minimum absolute atomic E-state index is 0.970. The number of aromatic nitrogens is 2. The second kappa shape index (κ2) is 8.47. The average Bonchev–Trinajstić information content (AvgIpc) is 2.74. The predicted octanol–water partition coefficient (Wildman–Crippen LogP) is 1.93. The number of nitrogens with zero attached hydrogens (tertiary/aromatic N) is 2. The van der Waals surface area contributed by atoms with Gasteiger partial charge in [0.15, 0.2) is 5.17 Å². The normalized spacial score (nSPS) is 11.8. The van der Waals surface area contributed by atoms with Gasteiger partial charge in [-0.1, -0.05) is 11.8 Å². The van der Waals surface area contributed by atoms with Crippen molar-refractivity contribution in [2.45, 2.75) is 13.3 Å². The van der Waals surface area contributed by atoms with Crippen molar-refractivity contribution in [1.29, 1.82) is 0 Å². The molecule has 0 saturated heterocycles. The molecule has 1 aromatic heterocycles. The molecule has 0 amide bonds. The Morgan fingerprint density at radius 3 is 2.94 bits per heavy atom. The molecule has 0 radical (unpaired) electrons. The van der Waals surface area contributed by atoms with Gasteiger partial charge in [-0.05, 0) is 18.9 Å². The maximum atomic E-state index is 4.28. The zero-order valence-corrected chi connectivity index (χ0v) is 12.2. The van der Waals surface area contributed by atoms with E-state index in [9.17, 15) is 0 Å². The van der Waals surface area contributed by atoms with Gasteiger partial charge in [-0.3, -0.25) is 4.99 Å². The number of thioether (sulfide) groups is 2. The number of rotatable bonds is 6. The van der Waals surface area contributed by atoms with Crippen molar-refractivity contribution < 1.29 is 0 Å². The number of aliphatic imine (C=N–C) groups is 1. The summed E-state index contributed by atoms with van der Waals surface area (Å²) in [6.45, 7) is 3.04. The first kappa shape index (κ1) is 14.4. The van der Waals surface area contributed by atoms with Crippen molar-refractivity contribution in [1.82, 2.24) is 15.3 Å². The number of aromatic amines is 1. The van der Waals surface area contributed by atoms with Crippen molar-refractivity contribution in [2.24, 2.45) is 4.99 Å². The molecule has 17 heavy (non-hydrogen) atoms. The lowest BCUT2D eigenvalue weighted by Crippen LogP contribution is -2.22. The van der Waals surface area contributed by atoms with Crippen LogP contribution < -0.4 is 5.32 Å². The highest BCUT2D eigenvalue weighted by Gasteiger charge is 2.00. The number of amidine groups is 1. The van der Waals surface area contributed by atoms with E-state index >= 15 is 0 Å². The molecular weight excluding hydrogens is 252 g/mol. The maximum Gasteiger partial charge on any atom is 0.156 e. The Labute approximate surface area is 111 Å². The lowest BCUT2D eigenvalue weighted by atomic mass is 10.3. The topological polar surface area (TPSA) is 53.1 Å². The van der Waals surface area contributed by atoms with Crippen LogP contribution in [0.4, 0.5) is 0 Å². The molecule has 0 saturated carbocycles. The quantitative estimate of drug-likeness (QED) is 0.472. The number of hydrogen-bond donors (Lipinski definition) is 2. The summed E-state index contributed by atoms with van der Waals surface area (Å²) < 4.78 is 0. The van der Waals surface area contributed by atoms with E-state index < -0.39 is 0 Å². The smallest absolute Gasteiger partial charge is 0.156 e. The Morgan fingerprint density at radius 1 is 1.53 bits per heavy atom. The molecule has 0 spiro atoms. The molecular formula is C11H20N4S2. The van der Waals surface area contributed by atoms with Gasteiger partial charge in [0.1, 0.15) is 0 Å². The van der Waals surface area contributed by atoms with Gasteiger partial charge in [-0.2, -0.15) is 11.8 Å². The fourth-order valence-electron chi connectivity index (χ4n) is 1.38. The zero-order chi connectivity index (χ0) is 12.5. The highest BCUT2D eigenvalue weighted by molar-refractivity contribution is 8.13. The number of hydrogen-bond acceptors (Lipinski definition) is 4. The van der Waals surface area contributed by atoms with E-state index in [0.29, 0.717) is 0 Å². The molecule has 4 nitrogen and oxygen atoms in total. The number of aryl methyl sites for hydroxylation is 2. The van der Waals surface area contributed by atoms with Gasteiger partial charge in [-0.15, -0.1) is 0 Å². The molecule has 0 aliphatic rings. The van der Waals surface area contributed by atoms with Gasteiger partial charge < -0.3 is 10.3 Å². The molecule has 0 unspecified atom stereocenters. The van der Waals surface area contributed by atoms with Gasteiger partial charge in [0.05, 0.1) is 12.0 Å². The van der Waals surface area contributed by atoms with Crippen molar-refractivity contribution >= 4 is 28.7 Å². The first-order valence-corrected chi connectivity index (χ1v) is 7.97. The van der Waals surface area contributed by atoms with E-state index in [1.54, 1.807) is 18.1 Å². The Morgan fingerprint density at radius 2 is 2.35 bits per heavy atom. The third-order valence-electron chi connectivity index (χ3n) is 2.34. The van der Waals surface area contributed by atoms with Crippen molar-refractivity contribution in [3.63, 3.8) is 0 Å². The fraction of sp³-hybridized carbons (Fsp3) is 0.636. The van der Waals surface area contributed by atoms with E-state index in [1.165, 1.54) is 11.4 Å². The summed E-state index contributed by atoms with van der Waals surface area (Å²) in [4.78, 5) is 11.5. The van der Waals surface area contributed by atoms with Crippen LogP contribution in [0.3, 0.4) is 0 Å². The molecule has 1 rings (SSSR count). The first-order chi connectivity index (χ1) is 8.27. The van der Waals surface area contributed by atoms with Crippen LogP contribution in [0.2, 0.25) is 0 Å². The predicted molar refractivity (Wildman–Crippen MR) is 79.2 cm³/mol. The number of nitrogens with one attached hydrogen (secondary N) is 2. The second-order valence-corrected chi connectivity index (χ2v) is 5.52. The minimum Gasteiger partial charge on any atom is -0.364 e. The number of H-pyrrole nitrogens is 1. The van der Waals surface area contributed by atoms with Gasteiger partial charge in [0.2, 0.25) is 0 Å². The monoisotopic (exact) mass is 272 g/mol. The van der Waals surface area contributed by atoms with E-state index in [4.69, 9.17) is 0 Å². The second-order valence-electron chi connectivity index (χ2n) is 3.50. The zero-order valence-electron chi connectivity index (χ0n) is 10.6. The summed E-state index contributed by atoms with van der Waals surface area (Å²) in [6, 6.07) is 0. The molecule has 96 valence electrons. The van der Waals surface area contributed by atoms with Crippen molar-refractivity contribution in [3.8, 4) is 0 Å². The Bertz CT molecular complexity index is 349. The molecule has 0 atom stereocenters. The highest BCUT2D eigenvalue weighted by atomic mass is 32.2. The van der Waals surface area contributed by atoms with Crippen LogP contribution in [0.1, 0.15) is 11.4 Å². The van der Waals surface area contributed by atoms with Crippen LogP contribution in [0.15, 0.2) is 11.3 Å². The summed E-state index contributed by atoms with van der Waals surface area (Å²) in [6.07, 6.45) is 4.83. The third kappa shape index (κ3) is 5.50. The lowest BCUT2D eigenvalue weighted by Gasteiger charge is -2.06.